The van der Waals surface area contributed by atoms with Crippen LogP contribution in [0.5, 0.6) is 0 Å². The summed E-state index contributed by atoms with van der Waals surface area (Å²) in [6.07, 6.45) is 2.85. The largest absolute Gasteiger partial charge is 0.478 e. The lowest BCUT2D eigenvalue weighted by atomic mass is 9.98. The third-order valence-corrected chi connectivity index (χ3v) is 3.85. The van der Waals surface area contributed by atoms with Gasteiger partial charge in [-0.05, 0) is 33.6 Å². The highest BCUT2D eigenvalue weighted by Gasteiger charge is 2.28. The minimum atomic E-state index is -1.10. The molecule has 1 amide bonds. The summed E-state index contributed by atoms with van der Waals surface area (Å²) in [4.78, 5) is 25.2. The van der Waals surface area contributed by atoms with Crippen LogP contribution in [0.1, 0.15) is 54.5 Å². The van der Waals surface area contributed by atoms with Gasteiger partial charge in [0.25, 0.3) is 5.91 Å². The van der Waals surface area contributed by atoms with Gasteiger partial charge in [-0.3, -0.25) is 9.69 Å². The fourth-order valence-electron chi connectivity index (χ4n) is 2.52. The quantitative estimate of drug-likeness (QED) is 0.890. The summed E-state index contributed by atoms with van der Waals surface area (Å²) in [7, 11) is 0. The monoisotopic (exact) mass is 294 g/mol. The first-order chi connectivity index (χ1) is 9.77. The number of nitrogens with zero attached hydrogens (tertiary/aromatic N) is 1. The molecular formula is C15H22N2O4. The summed E-state index contributed by atoms with van der Waals surface area (Å²) in [5, 5.41) is 11.7. The third-order valence-electron chi connectivity index (χ3n) is 3.85. The molecule has 1 saturated heterocycles. The van der Waals surface area contributed by atoms with Crippen LogP contribution in [-0.4, -0.2) is 46.6 Å². The molecule has 0 spiro atoms. The zero-order valence-corrected chi connectivity index (χ0v) is 12.7. The van der Waals surface area contributed by atoms with Gasteiger partial charge in [0.15, 0.2) is 5.76 Å². The zero-order valence-electron chi connectivity index (χ0n) is 12.7. The second-order valence-corrected chi connectivity index (χ2v) is 6.41. The first-order valence-corrected chi connectivity index (χ1v) is 7.15. The zero-order chi connectivity index (χ0) is 15.6. The van der Waals surface area contributed by atoms with Crippen molar-refractivity contribution in [3.63, 3.8) is 0 Å². The minimum Gasteiger partial charge on any atom is -0.478 e. The number of aromatic carboxylic acids is 1. The van der Waals surface area contributed by atoms with Crippen molar-refractivity contribution in [3.05, 3.63) is 23.7 Å². The Morgan fingerprint density at radius 1 is 1.33 bits per heavy atom. The number of nitrogens with one attached hydrogen (secondary N) is 1. The van der Waals surface area contributed by atoms with E-state index in [4.69, 9.17) is 9.52 Å². The molecule has 0 aromatic carbocycles. The smallest absolute Gasteiger partial charge is 0.338 e. The van der Waals surface area contributed by atoms with Crippen LogP contribution < -0.4 is 5.32 Å². The number of carboxylic acids is 1. The summed E-state index contributed by atoms with van der Waals surface area (Å²) in [6.45, 7) is 8.42. The van der Waals surface area contributed by atoms with Crippen LogP contribution in [-0.2, 0) is 0 Å². The predicted molar refractivity (Wildman–Crippen MR) is 77.5 cm³/mol. The fraction of sp³-hybridized carbons (Fsp3) is 0.600. The molecule has 2 rings (SSSR count). The predicted octanol–water partition coefficient (Wildman–Crippen LogP) is 1.97. The lowest BCUT2D eigenvalue weighted by Crippen LogP contribution is -2.50. The normalized spacial score (nSPS) is 17.7. The van der Waals surface area contributed by atoms with Crippen molar-refractivity contribution < 1.29 is 19.1 Å². The highest BCUT2D eigenvalue weighted by molar-refractivity contribution is 5.95. The summed E-state index contributed by atoms with van der Waals surface area (Å²) < 4.78 is 5.00. The molecule has 1 aromatic heterocycles. The van der Waals surface area contributed by atoms with Crippen LogP contribution in [0.15, 0.2) is 16.7 Å². The van der Waals surface area contributed by atoms with E-state index in [1.54, 1.807) is 0 Å². The number of hydrogen-bond acceptors (Lipinski definition) is 4. The molecule has 0 unspecified atom stereocenters. The third kappa shape index (κ3) is 3.85. The number of rotatable bonds is 3. The van der Waals surface area contributed by atoms with Crippen molar-refractivity contribution in [3.8, 4) is 0 Å². The second kappa shape index (κ2) is 5.89. The number of likely N-dealkylation sites (tertiary alicyclic amines) is 1. The molecule has 6 nitrogen and oxygen atoms in total. The van der Waals surface area contributed by atoms with Crippen molar-refractivity contribution in [2.24, 2.45) is 0 Å². The molecule has 0 saturated carbocycles. The second-order valence-electron chi connectivity index (χ2n) is 6.41. The Hall–Kier alpha value is -1.82. The topological polar surface area (TPSA) is 82.8 Å². The van der Waals surface area contributed by atoms with Crippen molar-refractivity contribution in [2.45, 2.75) is 45.2 Å². The molecule has 2 heterocycles. The molecule has 1 aromatic rings. The van der Waals surface area contributed by atoms with Gasteiger partial charge in [-0.25, -0.2) is 4.79 Å². The van der Waals surface area contributed by atoms with E-state index in [2.05, 4.69) is 31.0 Å². The van der Waals surface area contributed by atoms with Gasteiger partial charge in [-0.15, -0.1) is 0 Å². The highest BCUT2D eigenvalue weighted by atomic mass is 16.4. The van der Waals surface area contributed by atoms with Crippen LogP contribution in [0.4, 0.5) is 0 Å². The maximum Gasteiger partial charge on any atom is 0.338 e. The molecule has 21 heavy (non-hydrogen) atoms. The van der Waals surface area contributed by atoms with E-state index >= 15 is 0 Å². The van der Waals surface area contributed by atoms with Crippen LogP contribution in [0.2, 0.25) is 0 Å². The van der Waals surface area contributed by atoms with Crippen molar-refractivity contribution >= 4 is 11.9 Å². The molecule has 0 bridgehead atoms. The average molecular weight is 294 g/mol. The molecule has 0 radical (unpaired) electrons. The number of amides is 1. The van der Waals surface area contributed by atoms with Gasteiger partial charge in [-0.1, -0.05) is 0 Å². The maximum atomic E-state index is 12.0. The molecule has 1 aliphatic heterocycles. The number of carboxylic acid groups (broad SMARTS) is 1. The van der Waals surface area contributed by atoms with Gasteiger partial charge < -0.3 is 14.8 Å². The number of piperidine rings is 1. The molecule has 1 aliphatic rings. The number of carbonyl (C=O) groups excluding carboxylic acids is 1. The number of hydrogen-bond donors (Lipinski definition) is 2. The van der Waals surface area contributed by atoms with Crippen LogP contribution in [0.25, 0.3) is 0 Å². The van der Waals surface area contributed by atoms with E-state index in [1.807, 2.05) is 0 Å². The van der Waals surface area contributed by atoms with E-state index in [-0.39, 0.29) is 28.8 Å². The van der Waals surface area contributed by atoms with Crippen LogP contribution in [0, 0.1) is 0 Å². The van der Waals surface area contributed by atoms with Gasteiger partial charge in [-0.2, -0.15) is 0 Å². The first kappa shape index (κ1) is 15.6. The lowest BCUT2D eigenvalue weighted by molar-refractivity contribution is 0.0695. The van der Waals surface area contributed by atoms with E-state index in [0.717, 1.165) is 32.2 Å². The standard InChI is InChI=1S/C15H22N2O4/c1-15(2,3)17-6-4-11(5-7-17)16-13(18)12-8-10(9-21-12)14(19)20/h8-9,11H,4-7H2,1-3H3,(H,16,18)(H,19,20). The molecular weight excluding hydrogens is 272 g/mol. The SMILES string of the molecule is CC(C)(C)N1CCC(NC(=O)c2cc(C(=O)O)co2)CC1. The Balaban J connectivity index is 1.88. The minimum absolute atomic E-state index is 0.0114. The van der Waals surface area contributed by atoms with Gasteiger partial charge in [0.2, 0.25) is 0 Å². The van der Waals surface area contributed by atoms with E-state index in [0.29, 0.717) is 0 Å². The first-order valence-electron chi connectivity index (χ1n) is 7.15. The van der Waals surface area contributed by atoms with E-state index in [1.165, 1.54) is 6.07 Å². The van der Waals surface area contributed by atoms with Crippen molar-refractivity contribution in [1.82, 2.24) is 10.2 Å². The summed E-state index contributed by atoms with van der Waals surface area (Å²) in [6, 6.07) is 1.36. The molecule has 1 fully saturated rings. The molecule has 2 N–H and O–H groups in total. The number of furan rings is 1. The van der Waals surface area contributed by atoms with E-state index < -0.39 is 5.97 Å². The average Bonchev–Trinajstić information content (AvgIpc) is 2.88. The number of carbonyl (C=O) groups is 2. The molecule has 116 valence electrons. The lowest BCUT2D eigenvalue weighted by Gasteiger charge is -2.40. The summed E-state index contributed by atoms with van der Waals surface area (Å²) in [5.74, 6) is -1.40. The Kier molecular flexibility index (Phi) is 4.37. The van der Waals surface area contributed by atoms with Gasteiger partial charge >= 0.3 is 5.97 Å². The summed E-state index contributed by atoms with van der Waals surface area (Å²) >= 11 is 0. The van der Waals surface area contributed by atoms with Crippen LogP contribution in [0.3, 0.4) is 0 Å². The molecule has 6 heteroatoms. The summed E-state index contributed by atoms with van der Waals surface area (Å²) in [5.41, 5.74) is 0.134. The van der Waals surface area contributed by atoms with Crippen molar-refractivity contribution in [2.75, 3.05) is 13.1 Å². The van der Waals surface area contributed by atoms with Crippen molar-refractivity contribution in [1.29, 1.82) is 0 Å². The Morgan fingerprint density at radius 3 is 2.43 bits per heavy atom. The maximum absolute atomic E-state index is 12.0. The van der Waals surface area contributed by atoms with E-state index in [9.17, 15) is 9.59 Å². The van der Waals surface area contributed by atoms with Gasteiger partial charge in [0, 0.05) is 30.7 Å². The van der Waals surface area contributed by atoms with Gasteiger partial charge in [0.05, 0.1) is 5.56 Å². The molecule has 0 aliphatic carbocycles. The van der Waals surface area contributed by atoms with Crippen LogP contribution >= 0.6 is 0 Å². The Bertz CT molecular complexity index is 522. The fourth-order valence-corrected chi connectivity index (χ4v) is 2.52. The van der Waals surface area contributed by atoms with Gasteiger partial charge in [0.1, 0.15) is 6.26 Å². The highest BCUT2D eigenvalue weighted by Crippen LogP contribution is 2.20. The Labute approximate surface area is 124 Å². The molecule has 0 atom stereocenters. The Morgan fingerprint density at radius 2 is 1.95 bits per heavy atom.